The topological polar surface area (TPSA) is 186 Å². The van der Waals surface area contributed by atoms with Crippen molar-refractivity contribution in [3.8, 4) is 0 Å². The Balaban J connectivity index is 0.000000769. The van der Waals surface area contributed by atoms with E-state index in [1.807, 2.05) is 58.0 Å². The van der Waals surface area contributed by atoms with Crippen LogP contribution in [0, 0.1) is 34.8 Å². The summed E-state index contributed by atoms with van der Waals surface area (Å²) < 4.78 is 115. The van der Waals surface area contributed by atoms with E-state index in [-0.39, 0.29) is 13.7 Å². The van der Waals surface area contributed by atoms with E-state index >= 15 is 0 Å². The molecule has 6 aromatic rings. The van der Waals surface area contributed by atoms with Crippen molar-refractivity contribution in [2.75, 3.05) is 18.8 Å². The first-order valence-corrected chi connectivity index (χ1v) is 29.6. The zero-order valence-electron chi connectivity index (χ0n) is 35.0. The fraction of sp³-hybridized carbons (Fsp3) is 0.182. The number of hydrogen-bond acceptors (Lipinski definition) is 11. The molecule has 0 aliphatic carbocycles. The van der Waals surface area contributed by atoms with Gasteiger partial charge in [-0.1, -0.05) is 60.5 Å². The molecule has 0 fully saturated rings. The maximum absolute atomic E-state index is 12.0. The van der Waals surface area contributed by atoms with Crippen LogP contribution in [-0.4, -0.2) is 59.3 Å². The van der Waals surface area contributed by atoms with E-state index in [1.165, 1.54) is 30.9 Å². The third-order valence-electron chi connectivity index (χ3n) is 7.55. The molecule has 0 unspecified atom stereocenters. The van der Waals surface area contributed by atoms with Crippen LogP contribution in [0.4, 0.5) is 0 Å². The van der Waals surface area contributed by atoms with Crippen LogP contribution in [0.5, 0.6) is 0 Å². The van der Waals surface area contributed by atoms with Crippen molar-refractivity contribution in [2.24, 2.45) is 0 Å². The molecule has 0 heterocycles. The normalized spacial score (nSPS) is 11.3. The monoisotopic (exact) mass is 1140 g/mol. The molecule has 2 N–H and O–H groups in total. The van der Waals surface area contributed by atoms with Crippen molar-refractivity contribution in [3.05, 3.63) is 187 Å². The molecule has 334 valence electrons. The number of hydrogen-bond donors (Lipinski definition) is 2. The van der Waals surface area contributed by atoms with Crippen LogP contribution in [0.1, 0.15) is 31.1 Å². The molecule has 0 radical (unpaired) electrons. The second-order valence-electron chi connectivity index (χ2n) is 13.0. The van der Waals surface area contributed by atoms with Gasteiger partial charge in [0.05, 0.1) is 14.7 Å². The molecule has 0 saturated carbocycles. The zero-order chi connectivity index (χ0) is 45.1. The van der Waals surface area contributed by atoms with E-state index in [4.69, 9.17) is 5.95 Å². The Hall–Kier alpha value is -3.54. The maximum atomic E-state index is 12.0. The first-order valence-electron chi connectivity index (χ1n) is 17.5. The average molecular weight is 1140 g/mol. The van der Waals surface area contributed by atoms with Crippen molar-refractivity contribution in [1.82, 2.24) is 0 Å². The molecule has 61 heavy (non-hydrogen) atoms. The minimum Gasteiger partial charge on any atom is 1.00 e. The number of halogens is 2. The summed E-state index contributed by atoms with van der Waals surface area (Å²) in [6.07, 6.45) is 3.62. The largest absolute Gasteiger partial charge is 1.00 e. The Kier molecular flexibility index (Phi) is 23.8. The molecule has 0 saturated heterocycles. The van der Waals surface area contributed by atoms with Gasteiger partial charge in [-0.25, -0.2) is 25.3 Å². The van der Waals surface area contributed by atoms with Crippen molar-refractivity contribution >= 4 is 60.3 Å². The Bertz CT molecular complexity index is 2480. The molecule has 0 amide bonds. The third-order valence-corrected chi connectivity index (χ3v) is 17.6. The minimum atomic E-state index is -3.90. The second-order valence-corrected chi connectivity index (χ2v) is 25.9. The number of benzene rings is 6. The maximum Gasteiger partial charge on any atom is 1.00 e. The molecular weight excluding hydrogens is 1090 g/mol. The van der Waals surface area contributed by atoms with Crippen molar-refractivity contribution in [2.45, 2.75) is 54.7 Å². The molecule has 0 atom stereocenters. The van der Waals surface area contributed by atoms with Gasteiger partial charge in [0.15, 0.2) is 29.5 Å². The van der Waals surface area contributed by atoms with Gasteiger partial charge < -0.3 is 0 Å². The van der Waals surface area contributed by atoms with Gasteiger partial charge in [0.1, 0.15) is 0 Å². The summed E-state index contributed by atoms with van der Waals surface area (Å²) in [5.41, 5.74) is 4.16. The summed E-state index contributed by atoms with van der Waals surface area (Å²) in [6, 6.07) is 45.0. The molecule has 11 nitrogen and oxygen atoms in total. The van der Waals surface area contributed by atoms with Gasteiger partial charge in [0.2, 0.25) is 0 Å². The van der Waals surface area contributed by atoms with Crippen LogP contribution in [-0.2, 0) is 42.1 Å². The summed E-state index contributed by atoms with van der Waals surface area (Å²) in [5, 5.41) is 0. The Morgan fingerprint density at radius 2 is 0.705 bits per heavy atom. The average Bonchev–Trinajstić information content (AvgIpc) is 3.19. The molecule has 0 bridgehead atoms. The summed E-state index contributed by atoms with van der Waals surface area (Å²) in [6.45, 7) is 7.64. The van der Waals surface area contributed by atoms with Gasteiger partial charge in [-0.15, -0.1) is 0 Å². The standard InChI is InChI=1S/C13H13IO4S.3C8H10O2S.C6H6IO.CH4/c1-11-7-9-13(10-8-11)19(16,17)18-14(15)12-5-3-2-4-6-12;3*1-7-3-5-8(6-4-7)11(2,9)10;8-7-6-4-2-1-3-5-6;/h2-10,15H,1H3;3*3-6H,1-2H3;1-5,8H;1H4/q;;;;-1;/p+1. The third kappa shape index (κ3) is 21.9. The first-order chi connectivity index (χ1) is 27.9. The number of sulfone groups is 3. The fourth-order valence-corrected chi connectivity index (χ4v) is 11.2. The zero-order valence-corrected chi connectivity index (χ0v) is 41.5. The van der Waals surface area contributed by atoms with Gasteiger partial charge in [0, 0.05) is 18.8 Å². The molecule has 0 aromatic heterocycles. The molecule has 6 rings (SSSR count). The van der Waals surface area contributed by atoms with E-state index in [1.54, 1.807) is 115 Å². The van der Waals surface area contributed by atoms with Crippen LogP contribution >= 0.6 is 20.6 Å². The minimum absolute atomic E-state index is 0. The molecule has 6 aromatic carbocycles. The van der Waals surface area contributed by atoms with Crippen LogP contribution in [0.25, 0.3) is 0 Å². The fourth-order valence-electron chi connectivity index (χ4n) is 4.21. The van der Waals surface area contributed by atoms with E-state index in [9.17, 15) is 37.1 Å². The Morgan fingerprint density at radius 1 is 0.443 bits per heavy atom. The van der Waals surface area contributed by atoms with E-state index in [0.717, 1.165) is 25.8 Å². The summed E-state index contributed by atoms with van der Waals surface area (Å²) >= 11 is -3.83. The van der Waals surface area contributed by atoms with Crippen molar-refractivity contribution in [3.63, 3.8) is 0 Å². The Labute approximate surface area is 383 Å². The summed E-state index contributed by atoms with van der Waals surface area (Å²) in [4.78, 5) is 1.19. The van der Waals surface area contributed by atoms with Crippen LogP contribution in [0.15, 0.2) is 177 Å². The van der Waals surface area contributed by atoms with Gasteiger partial charge in [0.25, 0.3) is 0 Å². The second kappa shape index (κ2) is 26.2. The van der Waals surface area contributed by atoms with E-state index in [2.05, 4.69) is 0 Å². The number of aryl methyl sites for hydroxylation is 4. The quantitative estimate of drug-likeness (QED) is 0.178. The molecular formula is C44H54I2O11S4. The van der Waals surface area contributed by atoms with Gasteiger partial charge in [-0.05, 0) is 57.2 Å². The van der Waals surface area contributed by atoms with Gasteiger partial charge in [-0.2, -0.15) is 0 Å². The van der Waals surface area contributed by atoms with Crippen LogP contribution in [0.2, 0.25) is 0 Å². The summed E-state index contributed by atoms with van der Waals surface area (Å²) in [5.74, 6) is 0. The predicted molar refractivity (Wildman–Crippen MR) is 249 cm³/mol. The SMILES string of the molecule is C.Cc1ccc(S(=O)(=O)OI(O)c2ccccc2)cc1.Cc1ccc(S(C)(=O)=O)cc1.Cc1ccc(S(C)(=O)=O)cc1.Cc1ccc(S(C)(=O)=O)cc1.O[I-]c1ccccc1.[H+]. The molecule has 0 aliphatic rings. The van der Waals surface area contributed by atoms with E-state index in [0.29, 0.717) is 18.3 Å². The van der Waals surface area contributed by atoms with Gasteiger partial charge >= 0.3 is 181 Å². The van der Waals surface area contributed by atoms with Gasteiger partial charge in [-0.3, -0.25) is 0 Å². The van der Waals surface area contributed by atoms with Crippen molar-refractivity contribution < 1.29 is 66.1 Å². The molecule has 0 aliphatic heterocycles. The molecule has 0 spiro atoms. The Morgan fingerprint density at radius 3 is 0.951 bits per heavy atom. The predicted octanol–water partition coefficient (Wildman–Crippen LogP) is 5.70. The van der Waals surface area contributed by atoms with Crippen molar-refractivity contribution in [1.29, 1.82) is 0 Å². The van der Waals surface area contributed by atoms with E-state index < -0.39 is 81.9 Å². The van der Waals surface area contributed by atoms with Crippen LogP contribution in [0.3, 0.4) is 0 Å². The summed E-state index contributed by atoms with van der Waals surface area (Å²) in [7, 11) is -13.0. The smallest absolute Gasteiger partial charge is 1.00 e. The number of rotatable bonds is 8. The first kappa shape index (κ1) is 55.5. The van der Waals surface area contributed by atoms with Crippen LogP contribution < -0.4 is 21.6 Å². The molecule has 17 heteroatoms.